The van der Waals surface area contributed by atoms with Crippen LogP contribution in [0.25, 0.3) is 0 Å². The number of nitrogens with one attached hydrogen (secondary N) is 1. The summed E-state index contributed by atoms with van der Waals surface area (Å²) in [5.41, 5.74) is 0. The standard InChI is InChI=1S/C12H21NO2S/c1-9-4-5-12(16-9)10(2)13-11(6-7-14)8-15-3/h4-5,10-11,13-14H,6-8H2,1-3H3. The predicted molar refractivity (Wildman–Crippen MR) is 68.0 cm³/mol. The fourth-order valence-corrected chi connectivity index (χ4v) is 2.58. The normalized spacial score (nSPS) is 15.0. The fraction of sp³-hybridized carbons (Fsp3) is 0.667. The van der Waals surface area contributed by atoms with Crippen LogP contribution in [0.1, 0.15) is 29.1 Å². The Morgan fingerprint density at radius 1 is 1.50 bits per heavy atom. The second-order valence-corrected chi connectivity index (χ2v) is 5.32. The second-order valence-electron chi connectivity index (χ2n) is 4.00. The maximum Gasteiger partial charge on any atom is 0.0616 e. The van der Waals surface area contributed by atoms with Crippen molar-refractivity contribution in [3.05, 3.63) is 21.9 Å². The lowest BCUT2D eigenvalue weighted by Crippen LogP contribution is -2.35. The third-order valence-electron chi connectivity index (χ3n) is 2.52. The molecule has 1 aromatic rings. The highest BCUT2D eigenvalue weighted by atomic mass is 32.1. The maximum atomic E-state index is 8.96. The molecule has 0 saturated carbocycles. The Bertz CT molecular complexity index is 295. The number of rotatable bonds is 7. The largest absolute Gasteiger partial charge is 0.396 e. The summed E-state index contributed by atoms with van der Waals surface area (Å²) in [6, 6.07) is 4.81. The zero-order valence-corrected chi connectivity index (χ0v) is 11.0. The highest BCUT2D eigenvalue weighted by molar-refractivity contribution is 7.12. The molecule has 16 heavy (non-hydrogen) atoms. The molecule has 0 aliphatic carbocycles. The number of hydrogen-bond acceptors (Lipinski definition) is 4. The summed E-state index contributed by atoms with van der Waals surface area (Å²) < 4.78 is 5.13. The van der Waals surface area contributed by atoms with Crippen molar-refractivity contribution in [3.63, 3.8) is 0 Å². The van der Waals surface area contributed by atoms with Gasteiger partial charge < -0.3 is 15.2 Å². The van der Waals surface area contributed by atoms with Gasteiger partial charge in [-0.1, -0.05) is 0 Å². The molecule has 0 saturated heterocycles. The summed E-state index contributed by atoms with van der Waals surface area (Å²) >= 11 is 1.81. The van der Waals surface area contributed by atoms with E-state index in [4.69, 9.17) is 9.84 Å². The molecule has 2 atom stereocenters. The van der Waals surface area contributed by atoms with E-state index in [1.54, 1.807) is 7.11 Å². The van der Waals surface area contributed by atoms with E-state index in [9.17, 15) is 0 Å². The van der Waals surface area contributed by atoms with Crippen LogP contribution in [0.2, 0.25) is 0 Å². The highest BCUT2D eigenvalue weighted by Gasteiger charge is 2.13. The Balaban J connectivity index is 2.50. The van der Waals surface area contributed by atoms with E-state index in [2.05, 4.69) is 31.3 Å². The van der Waals surface area contributed by atoms with Crippen LogP contribution in [0.4, 0.5) is 0 Å². The topological polar surface area (TPSA) is 41.5 Å². The number of thiophene rings is 1. The number of hydrogen-bond donors (Lipinski definition) is 2. The van der Waals surface area contributed by atoms with Crippen molar-refractivity contribution in [2.24, 2.45) is 0 Å². The Labute approximate surface area is 101 Å². The van der Waals surface area contributed by atoms with Gasteiger partial charge in [0.25, 0.3) is 0 Å². The first-order chi connectivity index (χ1) is 7.67. The first-order valence-electron chi connectivity index (χ1n) is 5.59. The van der Waals surface area contributed by atoms with Crippen molar-refractivity contribution < 1.29 is 9.84 Å². The maximum absolute atomic E-state index is 8.96. The molecule has 2 N–H and O–H groups in total. The smallest absolute Gasteiger partial charge is 0.0616 e. The summed E-state index contributed by atoms with van der Waals surface area (Å²) in [6.07, 6.45) is 0.725. The molecule has 0 amide bonds. The highest BCUT2D eigenvalue weighted by Crippen LogP contribution is 2.22. The van der Waals surface area contributed by atoms with E-state index in [-0.39, 0.29) is 12.6 Å². The van der Waals surface area contributed by atoms with Crippen molar-refractivity contribution in [1.29, 1.82) is 0 Å². The fourth-order valence-electron chi connectivity index (χ4n) is 1.69. The van der Waals surface area contributed by atoms with Gasteiger partial charge in [-0.05, 0) is 32.4 Å². The minimum absolute atomic E-state index is 0.192. The molecule has 1 heterocycles. The number of ether oxygens (including phenoxy) is 1. The van der Waals surface area contributed by atoms with Gasteiger partial charge in [0, 0.05) is 35.6 Å². The predicted octanol–water partition coefficient (Wildman–Crippen LogP) is 2.10. The lowest BCUT2D eigenvalue weighted by Gasteiger charge is -2.21. The van der Waals surface area contributed by atoms with Crippen molar-refractivity contribution in [1.82, 2.24) is 5.32 Å². The van der Waals surface area contributed by atoms with Crippen LogP contribution in [-0.2, 0) is 4.74 Å². The van der Waals surface area contributed by atoms with E-state index < -0.39 is 0 Å². The van der Waals surface area contributed by atoms with E-state index in [1.807, 2.05) is 11.3 Å². The van der Waals surface area contributed by atoms with Gasteiger partial charge in [0.05, 0.1) is 6.61 Å². The van der Waals surface area contributed by atoms with Gasteiger partial charge in [0.1, 0.15) is 0 Å². The van der Waals surface area contributed by atoms with Crippen molar-refractivity contribution in [2.75, 3.05) is 20.3 Å². The summed E-state index contributed by atoms with van der Waals surface area (Å²) in [5, 5.41) is 12.4. The molecular formula is C12H21NO2S. The summed E-state index contributed by atoms with van der Waals surface area (Å²) in [5.74, 6) is 0. The van der Waals surface area contributed by atoms with E-state index in [0.717, 1.165) is 6.42 Å². The van der Waals surface area contributed by atoms with Gasteiger partial charge in [-0.3, -0.25) is 0 Å². The van der Waals surface area contributed by atoms with Gasteiger partial charge in [-0.2, -0.15) is 0 Å². The van der Waals surface area contributed by atoms with Crippen LogP contribution in [0.15, 0.2) is 12.1 Å². The molecule has 1 rings (SSSR count). The molecule has 1 aromatic heterocycles. The molecule has 3 nitrogen and oxygen atoms in total. The van der Waals surface area contributed by atoms with Crippen LogP contribution >= 0.6 is 11.3 Å². The first-order valence-corrected chi connectivity index (χ1v) is 6.41. The lowest BCUT2D eigenvalue weighted by atomic mass is 10.2. The molecule has 0 fully saturated rings. The molecule has 0 aliphatic rings. The quantitative estimate of drug-likeness (QED) is 0.770. The average Bonchev–Trinajstić information content (AvgIpc) is 2.65. The molecule has 0 aromatic carbocycles. The molecule has 0 spiro atoms. The first kappa shape index (κ1) is 13.6. The van der Waals surface area contributed by atoms with Crippen LogP contribution < -0.4 is 5.32 Å². The summed E-state index contributed by atoms with van der Waals surface area (Å²) in [7, 11) is 1.69. The zero-order valence-electron chi connectivity index (χ0n) is 10.2. The van der Waals surface area contributed by atoms with Crippen LogP contribution in [0, 0.1) is 6.92 Å². The van der Waals surface area contributed by atoms with E-state index in [1.165, 1.54) is 9.75 Å². The third-order valence-corrected chi connectivity index (χ3v) is 3.70. The summed E-state index contributed by atoms with van der Waals surface area (Å²) in [4.78, 5) is 2.66. The lowest BCUT2D eigenvalue weighted by molar-refractivity contribution is 0.144. The number of aliphatic hydroxyl groups excluding tert-OH is 1. The Morgan fingerprint density at radius 3 is 2.75 bits per heavy atom. The van der Waals surface area contributed by atoms with Gasteiger partial charge in [-0.25, -0.2) is 0 Å². The molecule has 0 bridgehead atoms. The van der Waals surface area contributed by atoms with Crippen molar-refractivity contribution in [3.8, 4) is 0 Å². The van der Waals surface area contributed by atoms with E-state index in [0.29, 0.717) is 12.6 Å². The minimum atomic E-state index is 0.192. The Morgan fingerprint density at radius 2 is 2.25 bits per heavy atom. The second kappa shape index (κ2) is 7.01. The number of aliphatic hydroxyl groups is 1. The van der Waals surface area contributed by atoms with Crippen LogP contribution in [0.5, 0.6) is 0 Å². The van der Waals surface area contributed by atoms with Gasteiger partial charge in [0.2, 0.25) is 0 Å². The Kier molecular flexibility index (Phi) is 5.98. The number of methoxy groups -OCH3 is 1. The van der Waals surface area contributed by atoms with Crippen molar-refractivity contribution in [2.45, 2.75) is 32.4 Å². The van der Waals surface area contributed by atoms with Gasteiger partial charge >= 0.3 is 0 Å². The minimum Gasteiger partial charge on any atom is -0.396 e. The van der Waals surface area contributed by atoms with Gasteiger partial charge in [0.15, 0.2) is 0 Å². The monoisotopic (exact) mass is 243 g/mol. The van der Waals surface area contributed by atoms with Crippen LogP contribution in [-0.4, -0.2) is 31.5 Å². The van der Waals surface area contributed by atoms with Crippen LogP contribution in [0.3, 0.4) is 0 Å². The molecule has 2 unspecified atom stereocenters. The van der Waals surface area contributed by atoms with Crippen molar-refractivity contribution >= 4 is 11.3 Å². The zero-order chi connectivity index (χ0) is 12.0. The molecule has 4 heteroatoms. The average molecular weight is 243 g/mol. The van der Waals surface area contributed by atoms with E-state index >= 15 is 0 Å². The third kappa shape index (κ3) is 4.22. The summed E-state index contributed by atoms with van der Waals surface area (Å²) in [6.45, 7) is 5.08. The molecule has 0 radical (unpaired) electrons. The Hall–Kier alpha value is -0.420. The molecular weight excluding hydrogens is 222 g/mol. The molecule has 92 valence electrons. The van der Waals surface area contributed by atoms with Gasteiger partial charge in [-0.15, -0.1) is 11.3 Å². The molecule has 0 aliphatic heterocycles. The SMILES string of the molecule is COCC(CCO)NC(C)c1ccc(C)s1. The number of aryl methyl sites for hydroxylation is 1.